The van der Waals surface area contributed by atoms with E-state index in [1.807, 2.05) is 52.9 Å². The van der Waals surface area contributed by atoms with E-state index < -0.39 is 0 Å². The number of fused-ring (bicyclic) bond motifs is 1. The van der Waals surface area contributed by atoms with Gasteiger partial charge in [-0.3, -0.25) is 9.59 Å². The largest absolute Gasteiger partial charge is 0.451 e. The van der Waals surface area contributed by atoms with E-state index in [0.29, 0.717) is 35.7 Å². The van der Waals surface area contributed by atoms with Crippen molar-refractivity contribution in [3.63, 3.8) is 0 Å². The van der Waals surface area contributed by atoms with Gasteiger partial charge in [0.1, 0.15) is 10.6 Å². The first-order valence-electron chi connectivity index (χ1n) is 10.6. The molecular formula is C23H22N4O3S3. The number of thiophene rings is 1. The topological polar surface area (TPSA) is 88.3 Å². The molecule has 0 saturated carbocycles. The van der Waals surface area contributed by atoms with Gasteiger partial charge < -0.3 is 14.6 Å². The number of carbonyl (C=O) groups is 2. The van der Waals surface area contributed by atoms with E-state index in [0.717, 1.165) is 33.1 Å². The molecule has 2 amide bonds. The fourth-order valence-corrected chi connectivity index (χ4v) is 6.40. The Balaban J connectivity index is 1.28. The lowest BCUT2D eigenvalue weighted by atomic mass is 10.0. The van der Waals surface area contributed by atoms with Crippen LogP contribution >= 0.6 is 34.4 Å². The Morgan fingerprint density at radius 2 is 2.03 bits per heavy atom. The molecule has 4 aromatic rings. The maximum Gasteiger partial charge on any atom is 0.289 e. The van der Waals surface area contributed by atoms with Crippen molar-refractivity contribution in [3.05, 3.63) is 63.0 Å². The first-order valence-corrected chi connectivity index (χ1v) is 13.4. The molecule has 1 N–H and O–H groups in total. The van der Waals surface area contributed by atoms with Crippen LogP contribution in [0.5, 0.6) is 0 Å². The van der Waals surface area contributed by atoms with Crippen LogP contribution < -0.4 is 5.32 Å². The highest BCUT2D eigenvalue weighted by Gasteiger charge is 2.29. The normalized spacial score (nSPS) is 14.6. The minimum atomic E-state index is -0.0992. The van der Waals surface area contributed by atoms with Gasteiger partial charge in [0.25, 0.3) is 11.8 Å². The van der Waals surface area contributed by atoms with Crippen molar-refractivity contribution in [1.29, 1.82) is 0 Å². The Morgan fingerprint density at radius 3 is 2.76 bits per heavy atom. The number of thioether (sulfide) groups is 1. The molecule has 170 valence electrons. The lowest BCUT2D eigenvalue weighted by Gasteiger charge is -2.32. The van der Waals surface area contributed by atoms with Gasteiger partial charge in [-0.1, -0.05) is 41.3 Å². The third kappa shape index (κ3) is 4.83. The summed E-state index contributed by atoms with van der Waals surface area (Å²) in [6, 6.07) is 9.63. The number of likely N-dealkylation sites (tertiary alicyclic amines) is 1. The van der Waals surface area contributed by atoms with Crippen LogP contribution in [-0.2, 0) is 5.75 Å². The van der Waals surface area contributed by atoms with E-state index in [4.69, 9.17) is 4.42 Å². The molecular weight excluding hydrogens is 476 g/mol. The van der Waals surface area contributed by atoms with Gasteiger partial charge in [-0.05, 0) is 37.3 Å². The summed E-state index contributed by atoms with van der Waals surface area (Å²) in [5.74, 6) is 0.827. The molecule has 0 unspecified atom stereocenters. The number of furan rings is 1. The Kier molecular flexibility index (Phi) is 6.48. The van der Waals surface area contributed by atoms with E-state index in [1.54, 1.807) is 23.1 Å². The van der Waals surface area contributed by atoms with Gasteiger partial charge in [0.2, 0.25) is 0 Å². The summed E-state index contributed by atoms with van der Waals surface area (Å²) in [5.41, 5.74) is 2.29. The predicted octanol–water partition coefficient (Wildman–Crippen LogP) is 4.98. The Morgan fingerprint density at radius 1 is 1.21 bits per heavy atom. The zero-order chi connectivity index (χ0) is 22.8. The molecule has 33 heavy (non-hydrogen) atoms. The SMILES string of the molecule is Cc1nnc(SCc2c(C(=O)N3CCC(NC(=O)c4ccsc4)CC3)oc3ccccc23)s1. The number of amides is 2. The summed E-state index contributed by atoms with van der Waals surface area (Å²) in [7, 11) is 0. The van der Waals surface area contributed by atoms with Crippen LogP contribution in [0.3, 0.4) is 0 Å². The average Bonchev–Trinajstić information content (AvgIpc) is 3.58. The fourth-order valence-electron chi connectivity index (χ4n) is 3.92. The monoisotopic (exact) mass is 498 g/mol. The number of hydrogen-bond acceptors (Lipinski definition) is 8. The van der Waals surface area contributed by atoms with Crippen LogP contribution in [0.1, 0.15) is 44.3 Å². The number of aromatic nitrogens is 2. The van der Waals surface area contributed by atoms with Crippen molar-refractivity contribution in [2.75, 3.05) is 13.1 Å². The number of rotatable bonds is 6. The number of benzene rings is 1. The van der Waals surface area contributed by atoms with Gasteiger partial charge in [-0.2, -0.15) is 11.3 Å². The molecule has 3 aromatic heterocycles. The lowest BCUT2D eigenvalue weighted by Crippen LogP contribution is -2.46. The minimum absolute atomic E-state index is 0.0514. The molecule has 7 nitrogen and oxygen atoms in total. The molecule has 0 spiro atoms. The molecule has 10 heteroatoms. The van der Waals surface area contributed by atoms with Crippen molar-refractivity contribution >= 4 is 57.2 Å². The number of nitrogens with zero attached hydrogens (tertiary/aromatic N) is 3. The van der Waals surface area contributed by atoms with Crippen molar-refractivity contribution in [1.82, 2.24) is 20.4 Å². The van der Waals surface area contributed by atoms with Gasteiger partial charge in [-0.15, -0.1) is 10.2 Å². The molecule has 4 heterocycles. The van der Waals surface area contributed by atoms with Crippen molar-refractivity contribution < 1.29 is 14.0 Å². The Hall–Kier alpha value is -2.69. The van der Waals surface area contributed by atoms with Crippen molar-refractivity contribution in [3.8, 4) is 0 Å². The number of aryl methyl sites for hydroxylation is 1. The van der Waals surface area contributed by atoms with Crippen LogP contribution in [0.4, 0.5) is 0 Å². The summed E-state index contributed by atoms with van der Waals surface area (Å²) in [6.07, 6.45) is 1.44. The molecule has 0 atom stereocenters. The second-order valence-corrected chi connectivity index (χ2v) is 11.0. The number of hydrogen-bond donors (Lipinski definition) is 1. The quantitative estimate of drug-likeness (QED) is 0.377. The standard InChI is InChI=1S/C23H22N4O3S3/c1-14-25-26-23(33-14)32-13-18-17-4-2-3-5-19(17)30-20(18)22(29)27-9-6-16(7-10-27)24-21(28)15-8-11-31-12-15/h2-5,8,11-12,16H,6-7,9-10,13H2,1H3,(H,24,28). The lowest BCUT2D eigenvalue weighted by molar-refractivity contribution is 0.0668. The van der Waals surface area contributed by atoms with Crippen LogP contribution in [0, 0.1) is 6.92 Å². The maximum atomic E-state index is 13.4. The zero-order valence-electron chi connectivity index (χ0n) is 17.9. The summed E-state index contributed by atoms with van der Waals surface area (Å²) < 4.78 is 6.92. The maximum absolute atomic E-state index is 13.4. The van der Waals surface area contributed by atoms with Gasteiger partial charge >= 0.3 is 0 Å². The van der Waals surface area contributed by atoms with Crippen molar-refractivity contribution in [2.24, 2.45) is 0 Å². The molecule has 5 rings (SSSR count). The molecule has 1 aliphatic rings. The molecule has 1 aliphatic heterocycles. The molecule has 1 saturated heterocycles. The van der Waals surface area contributed by atoms with Crippen LogP contribution in [-0.4, -0.2) is 46.0 Å². The number of nitrogens with one attached hydrogen (secondary N) is 1. The smallest absolute Gasteiger partial charge is 0.289 e. The molecule has 0 aliphatic carbocycles. The molecule has 1 aromatic carbocycles. The van der Waals surface area contributed by atoms with Gasteiger partial charge in [0.15, 0.2) is 10.1 Å². The first kappa shape index (κ1) is 22.1. The van der Waals surface area contributed by atoms with E-state index >= 15 is 0 Å². The summed E-state index contributed by atoms with van der Waals surface area (Å²) in [6.45, 7) is 3.08. The van der Waals surface area contributed by atoms with Crippen LogP contribution in [0.2, 0.25) is 0 Å². The Bertz CT molecular complexity index is 1270. The summed E-state index contributed by atoms with van der Waals surface area (Å²) in [4.78, 5) is 27.6. The average molecular weight is 499 g/mol. The van der Waals surface area contributed by atoms with E-state index in [2.05, 4.69) is 15.5 Å². The molecule has 1 fully saturated rings. The van der Waals surface area contributed by atoms with Crippen molar-refractivity contribution in [2.45, 2.75) is 35.9 Å². The van der Waals surface area contributed by atoms with E-state index in [9.17, 15) is 9.59 Å². The van der Waals surface area contributed by atoms with Gasteiger partial charge in [0, 0.05) is 46.8 Å². The number of para-hydroxylation sites is 1. The Labute approximate surface area is 203 Å². The zero-order valence-corrected chi connectivity index (χ0v) is 20.4. The van der Waals surface area contributed by atoms with E-state index in [-0.39, 0.29) is 17.9 Å². The molecule has 0 radical (unpaired) electrons. The number of carbonyl (C=O) groups excluding carboxylic acids is 2. The highest BCUT2D eigenvalue weighted by Crippen LogP contribution is 2.34. The predicted molar refractivity (Wildman–Crippen MR) is 131 cm³/mol. The fraction of sp³-hybridized carbons (Fsp3) is 0.304. The van der Waals surface area contributed by atoms with Gasteiger partial charge in [0.05, 0.1) is 0 Å². The first-order chi connectivity index (χ1) is 16.1. The number of piperidine rings is 1. The third-order valence-electron chi connectivity index (χ3n) is 5.64. The van der Waals surface area contributed by atoms with Crippen LogP contribution in [0.15, 0.2) is 49.8 Å². The highest BCUT2D eigenvalue weighted by molar-refractivity contribution is 8.00. The second-order valence-electron chi connectivity index (χ2n) is 7.83. The minimum Gasteiger partial charge on any atom is -0.451 e. The third-order valence-corrected chi connectivity index (χ3v) is 8.32. The summed E-state index contributed by atoms with van der Waals surface area (Å²) in [5, 5.41) is 16.9. The highest BCUT2D eigenvalue weighted by atomic mass is 32.2. The second kappa shape index (κ2) is 9.66. The van der Waals surface area contributed by atoms with Crippen LogP contribution in [0.25, 0.3) is 11.0 Å². The summed E-state index contributed by atoms with van der Waals surface area (Å²) >= 11 is 4.61. The van der Waals surface area contributed by atoms with E-state index in [1.165, 1.54) is 11.3 Å². The van der Waals surface area contributed by atoms with Gasteiger partial charge in [-0.25, -0.2) is 0 Å². The molecule has 0 bridgehead atoms.